The van der Waals surface area contributed by atoms with Gasteiger partial charge >= 0.3 is 0 Å². The van der Waals surface area contributed by atoms with Gasteiger partial charge in [-0.25, -0.2) is 9.97 Å². The topological polar surface area (TPSA) is 80.9 Å². The molecular weight excluding hydrogens is 336 g/mol. The lowest BCUT2D eigenvalue weighted by atomic mass is 9.91. The van der Waals surface area contributed by atoms with Gasteiger partial charge in [-0.15, -0.1) is 0 Å². The number of rotatable bonds is 3. The second kappa shape index (κ2) is 7.03. The lowest BCUT2D eigenvalue weighted by molar-refractivity contribution is -0.114. The average Bonchev–Trinajstić information content (AvgIpc) is 2.66. The second-order valence-electron chi connectivity index (χ2n) is 6.59. The molecule has 0 spiro atoms. The molecule has 0 atom stereocenters. The number of nitrogens with zero attached hydrogens (tertiary/aromatic N) is 2. The van der Waals surface area contributed by atoms with Gasteiger partial charge in [0.1, 0.15) is 5.69 Å². The summed E-state index contributed by atoms with van der Waals surface area (Å²) in [6, 6.07) is 15.8. The van der Waals surface area contributed by atoms with Crippen molar-refractivity contribution in [1.29, 1.82) is 0 Å². The molecule has 4 rings (SSSR count). The first-order chi connectivity index (χ1) is 13.1. The summed E-state index contributed by atoms with van der Waals surface area (Å²) in [6.45, 7) is 1.48. The van der Waals surface area contributed by atoms with Crippen molar-refractivity contribution < 1.29 is 4.79 Å². The maximum Gasteiger partial charge on any atom is 0.222 e. The zero-order valence-corrected chi connectivity index (χ0v) is 15.1. The molecule has 1 aliphatic carbocycles. The molecule has 0 radical (unpaired) electrons. The minimum atomic E-state index is -0.164. The highest BCUT2D eigenvalue weighted by atomic mass is 16.1. The van der Waals surface area contributed by atoms with E-state index >= 15 is 0 Å². The molecule has 3 aromatic rings. The van der Waals surface area contributed by atoms with Gasteiger partial charge in [0.05, 0.1) is 11.4 Å². The maximum absolute atomic E-state index is 11.6. The van der Waals surface area contributed by atoms with E-state index in [0.717, 1.165) is 41.0 Å². The van der Waals surface area contributed by atoms with Gasteiger partial charge in [-0.2, -0.15) is 0 Å². The van der Waals surface area contributed by atoms with Gasteiger partial charge in [-0.3, -0.25) is 4.79 Å². The van der Waals surface area contributed by atoms with Crippen LogP contribution in [0.4, 0.5) is 11.5 Å². The standard InChI is InChI=1S/C22H20N4O/c1-14(27)24-22-20(11-7-15-5-3-2-4-6-15)25-21-18-10-9-17(23)13-16(18)8-12-19(21)26-22/h2-7,9-11,13H,8,12,23H2,1H3,(H,24,26,27). The summed E-state index contributed by atoms with van der Waals surface area (Å²) >= 11 is 0. The molecule has 0 fully saturated rings. The van der Waals surface area contributed by atoms with Crippen LogP contribution < -0.4 is 11.1 Å². The van der Waals surface area contributed by atoms with Gasteiger partial charge in [0, 0.05) is 18.2 Å². The number of carbonyl (C=O) groups is 1. The normalized spacial score (nSPS) is 12.5. The fourth-order valence-electron chi connectivity index (χ4n) is 3.29. The Kier molecular flexibility index (Phi) is 4.42. The highest BCUT2D eigenvalue weighted by molar-refractivity contribution is 5.91. The van der Waals surface area contributed by atoms with Crippen LogP contribution in [0.1, 0.15) is 29.4 Å². The Morgan fingerprint density at radius 2 is 1.89 bits per heavy atom. The molecule has 5 nitrogen and oxygen atoms in total. The number of hydrogen-bond donors (Lipinski definition) is 2. The van der Waals surface area contributed by atoms with E-state index in [9.17, 15) is 4.79 Å². The van der Waals surface area contributed by atoms with E-state index in [2.05, 4.69) is 5.32 Å². The Balaban J connectivity index is 1.82. The molecule has 1 heterocycles. The molecule has 0 bridgehead atoms. The van der Waals surface area contributed by atoms with Gasteiger partial charge in [0.15, 0.2) is 5.82 Å². The lowest BCUT2D eigenvalue weighted by Gasteiger charge is -2.20. The smallest absolute Gasteiger partial charge is 0.222 e. The average molecular weight is 356 g/mol. The van der Waals surface area contributed by atoms with Crippen LogP contribution in [-0.2, 0) is 17.6 Å². The summed E-state index contributed by atoms with van der Waals surface area (Å²) in [4.78, 5) is 21.2. The third-order valence-electron chi connectivity index (χ3n) is 4.54. The van der Waals surface area contributed by atoms with Crippen LogP contribution in [-0.4, -0.2) is 15.9 Å². The molecule has 5 heteroatoms. The number of benzene rings is 2. The fourth-order valence-corrected chi connectivity index (χ4v) is 3.29. The summed E-state index contributed by atoms with van der Waals surface area (Å²) in [7, 11) is 0. The molecule has 1 amide bonds. The van der Waals surface area contributed by atoms with E-state index in [1.165, 1.54) is 12.5 Å². The summed E-state index contributed by atoms with van der Waals surface area (Å²) in [5.74, 6) is 0.329. The van der Waals surface area contributed by atoms with Crippen LogP contribution in [0.3, 0.4) is 0 Å². The van der Waals surface area contributed by atoms with Gasteiger partial charge in [-0.1, -0.05) is 42.5 Å². The van der Waals surface area contributed by atoms with Crippen molar-refractivity contribution in [2.75, 3.05) is 11.1 Å². The van der Waals surface area contributed by atoms with Gasteiger partial charge in [0.2, 0.25) is 5.91 Å². The minimum Gasteiger partial charge on any atom is -0.399 e. The predicted octanol–water partition coefficient (Wildman–Crippen LogP) is 3.95. The molecule has 27 heavy (non-hydrogen) atoms. The molecule has 1 aromatic heterocycles. The Morgan fingerprint density at radius 1 is 1.07 bits per heavy atom. The first-order valence-corrected chi connectivity index (χ1v) is 8.90. The quantitative estimate of drug-likeness (QED) is 0.696. The molecule has 0 saturated heterocycles. The Morgan fingerprint density at radius 3 is 2.67 bits per heavy atom. The number of fused-ring (bicyclic) bond motifs is 3. The molecule has 134 valence electrons. The number of carbonyl (C=O) groups excluding carboxylic acids is 1. The third kappa shape index (κ3) is 3.58. The molecule has 0 aliphatic heterocycles. The predicted molar refractivity (Wildman–Crippen MR) is 109 cm³/mol. The first-order valence-electron chi connectivity index (χ1n) is 8.90. The molecular formula is C22H20N4O. The van der Waals surface area contributed by atoms with Gasteiger partial charge in [0.25, 0.3) is 0 Å². The number of aromatic nitrogens is 2. The number of hydrogen-bond acceptors (Lipinski definition) is 4. The van der Waals surface area contributed by atoms with Crippen LogP contribution in [0.5, 0.6) is 0 Å². The van der Waals surface area contributed by atoms with Gasteiger partial charge < -0.3 is 11.1 Å². The van der Waals surface area contributed by atoms with Crippen LogP contribution in [0.25, 0.3) is 23.4 Å². The van der Waals surface area contributed by atoms with Crippen molar-refractivity contribution in [3.8, 4) is 11.3 Å². The van der Waals surface area contributed by atoms with E-state index in [4.69, 9.17) is 15.7 Å². The van der Waals surface area contributed by atoms with E-state index < -0.39 is 0 Å². The number of amides is 1. The van der Waals surface area contributed by atoms with Crippen molar-refractivity contribution in [2.24, 2.45) is 0 Å². The van der Waals surface area contributed by atoms with E-state index in [1.54, 1.807) is 0 Å². The number of nitrogens with one attached hydrogen (secondary N) is 1. The van der Waals surface area contributed by atoms with E-state index in [0.29, 0.717) is 11.5 Å². The summed E-state index contributed by atoms with van der Waals surface area (Å²) in [5, 5.41) is 2.81. The molecule has 2 aromatic carbocycles. The number of anilines is 2. The Hall–Kier alpha value is -3.47. The maximum atomic E-state index is 11.6. The number of nitrogen functional groups attached to an aromatic ring is 1. The van der Waals surface area contributed by atoms with Gasteiger partial charge in [-0.05, 0) is 42.2 Å². The van der Waals surface area contributed by atoms with Crippen LogP contribution >= 0.6 is 0 Å². The highest BCUT2D eigenvalue weighted by Gasteiger charge is 2.21. The number of nitrogens with two attached hydrogens (primary N) is 1. The van der Waals surface area contributed by atoms with Crippen molar-refractivity contribution in [3.63, 3.8) is 0 Å². The van der Waals surface area contributed by atoms with Crippen LogP contribution in [0, 0.1) is 0 Å². The van der Waals surface area contributed by atoms with Crippen LogP contribution in [0.2, 0.25) is 0 Å². The lowest BCUT2D eigenvalue weighted by Crippen LogP contribution is -2.15. The molecule has 0 unspecified atom stereocenters. The first kappa shape index (κ1) is 17.0. The monoisotopic (exact) mass is 356 g/mol. The van der Waals surface area contributed by atoms with Crippen molar-refractivity contribution in [1.82, 2.24) is 9.97 Å². The third-order valence-corrected chi connectivity index (χ3v) is 4.54. The highest BCUT2D eigenvalue weighted by Crippen LogP contribution is 2.34. The fraction of sp³-hybridized carbons (Fsp3) is 0.136. The minimum absolute atomic E-state index is 0.164. The number of aryl methyl sites for hydroxylation is 2. The largest absolute Gasteiger partial charge is 0.399 e. The molecule has 3 N–H and O–H groups in total. The van der Waals surface area contributed by atoms with Crippen molar-refractivity contribution in [2.45, 2.75) is 19.8 Å². The SMILES string of the molecule is CC(=O)Nc1nc2c(nc1C=Cc1ccccc1)-c1ccc(N)cc1CC2. The van der Waals surface area contributed by atoms with Crippen molar-refractivity contribution in [3.05, 3.63) is 71.0 Å². The van der Waals surface area contributed by atoms with E-state index in [1.807, 2.05) is 60.7 Å². The van der Waals surface area contributed by atoms with Crippen molar-refractivity contribution >= 4 is 29.6 Å². The summed E-state index contributed by atoms with van der Waals surface area (Å²) < 4.78 is 0. The molecule has 0 saturated carbocycles. The van der Waals surface area contributed by atoms with Crippen LogP contribution in [0.15, 0.2) is 48.5 Å². The summed E-state index contributed by atoms with van der Waals surface area (Å²) in [5.41, 5.74) is 12.4. The zero-order valence-electron chi connectivity index (χ0n) is 15.1. The summed E-state index contributed by atoms with van der Waals surface area (Å²) in [6.07, 6.45) is 5.49. The molecule has 1 aliphatic rings. The van der Waals surface area contributed by atoms with E-state index in [-0.39, 0.29) is 5.91 Å². The Labute approximate surface area is 158 Å². The second-order valence-corrected chi connectivity index (χ2v) is 6.59. The zero-order chi connectivity index (χ0) is 18.8. The Bertz CT molecular complexity index is 1040.